The molecule has 2 aromatic rings. The second kappa shape index (κ2) is 9.59. The minimum atomic E-state index is -0.512. The summed E-state index contributed by atoms with van der Waals surface area (Å²) in [7, 11) is 1.50. The number of anilines is 1. The summed E-state index contributed by atoms with van der Waals surface area (Å²) < 4.78 is 10.4. The monoisotopic (exact) mass is 390 g/mol. The van der Waals surface area contributed by atoms with Gasteiger partial charge < -0.3 is 14.8 Å². The lowest BCUT2D eigenvalue weighted by molar-refractivity contribution is -0.385. The van der Waals surface area contributed by atoms with Crippen LogP contribution in [-0.2, 0) is 4.79 Å². The number of hydrogen-bond acceptors (Lipinski definition) is 5. The van der Waals surface area contributed by atoms with Crippen molar-refractivity contribution in [2.45, 2.75) is 13.3 Å². The zero-order valence-electron chi connectivity index (χ0n) is 14.9. The molecule has 1 amide bonds. The van der Waals surface area contributed by atoms with Gasteiger partial charge in [-0.1, -0.05) is 24.6 Å². The number of nitro groups is 1. The van der Waals surface area contributed by atoms with Crippen molar-refractivity contribution in [2.24, 2.45) is 0 Å². The summed E-state index contributed by atoms with van der Waals surface area (Å²) in [5, 5.41) is 14.2. The number of nitro benzene ring substituents is 1. The molecule has 0 heterocycles. The van der Waals surface area contributed by atoms with Crippen molar-refractivity contribution in [1.29, 1.82) is 0 Å². The third-order valence-electron chi connectivity index (χ3n) is 3.49. The predicted octanol–water partition coefficient (Wildman–Crippen LogP) is 4.70. The average Bonchev–Trinajstić information content (AvgIpc) is 2.65. The summed E-state index contributed by atoms with van der Waals surface area (Å²) in [5.74, 6) is 0.310. The highest BCUT2D eigenvalue weighted by molar-refractivity contribution is 6.32. The fourth-order valence-corrected chi connectivity index (χ4v) is 2.47. The van der Waals surface area contributed by atoms with Crippen molar-refractivity contribution in [3.63, 3.8) is 0 Å². The molecule has 0 aliphatic heterocycles. The summed E-state index contributed by atoms with van der Waals surface area (Å²) in [6.45, 7) is 2.31. The van der Waals surface area contributed by atoms with Gasteiger partial charge >= 0.3 is 5.69 Å². The van der Waals surface area contributed by atoms with Crippen LogP contribution in [0.3, 0.4) is 0 Å². The lowest BCUT2D eigenvalue weighted by Gasteiger charge is -2.07. The average molecular weight is 391 g/mol. The first-order chi connectivity index (χ1) is 12.9. The highest BCUT2D eigenvalue weighted by Crippen LogP contribution is 2.29. The number of benzene rings is 2. The van der Waals surface area contributed by atoms with E-state index in [1.54, 1.807) is 24.3 Å². The van der Waals surface area contributed by atoms with Crippen LogP contribution in [0.1, 0.15) is 18.9 Å². The minimum absolute atomic E-state index is 0.145. The third kappa shape index (κ3) is 5.72. The number of hydrogen-bond donors (Lipinski definition) is 1. The second-order valence-corrected chi connectivity index (χ2v) is 5.91. The van der Waals surface area contributed by atoms with E-state index >= 15 is 0 Å². The van der Waals surface area contributed by atoms with Crippen LogP contribution in [0, 0.1) is 10.1 Å². The SMILES string of the molecule is CCCOc1ccc(/C=C/C(=O)Nc2ccc(OC)c(Cl)c2)cc1[N+](=O)[O-]. The Balaban J connectivity index is 2.10. The van der Waals surface area contributed by atoms with Crippen LogP contribution >= 0.6 is 11.6 Å². The molecule has 0 saturated carbocycles. The van der Waals surface area contributed by atoms with Crippen molar-refractivity contribution in [3.8, 4) is 11.5 Å². The number of carbonyl (C=O) groups excluding carboxylic acids is 1. The predicted molar refractivity (Wildman–Crippen MR) is 105 cm³/mol. The van der Waals surface area contributed by atoms with Gasteiger partial charge in [-0.05, 0) is 42.3 Å². The van der Waals surface area contributed by atoms with Crippen molar-refractivity contribution >= 4 is 35.0 Å². The lowest BCUT2D eigenvalue weighted by atomic mass is 10.1. The molecule has 8 heteroatoms. The van der Waals surface area contributed by atoms with Gasteiger partial charge in [-0.25, -0.2) is 0 Å². The molecule has 0 saturated heterocycles. The van der Waals surface area contributed by atoms with Crippen LogP contribution < -0.4 is 14.8 Å². The number of carbonyl (C=O) groups is 1. The first kappa shape index (κ1) is 20.3. The van der Waals surface area contributed by atoms with E-state index in [0.717, 1.165) is 6.42 Å². The van der Waals surface area contributed by atoms with Gasteiger partial charge in [-0.2, -0.15) is 0 Å². The van der Waals surface area contributed by atoms with E-state index in [2.05, 4.69) is 5.32 Å². The Morgan fingerprint density at radius 2 is 2.00 bits per heavy atom. The second-order valence-electron chi connectivity index (χ2n) is 5.50. The molecular weight excluding hydrogens is 372 g/mol. The molecule has 0 bridgehead atoms. The molecule has 142 valence electrons. The normalized spacial score (nSPS) is 10.6. The molecule has 27 heavy (non-hydrogen) atoms. The maximum Gasteiger partial charge on any atom is 0.311 e. The van der Waals surface area contributed by atoms with Crippen LogP contribution in [-0.4, -0.2) is 24.5 Å². The number of amides is 1. The van der Waals surface area contributed by atoms with E-state index in [-0.39, 0.29) is 11.4 Å². The topological polar surface area (TPSA) is 90.7 Å². The van der Waals surface area contributed by atoms with Crippen molar-refractivity contribution in [2.75, 3.05) is 19.0 Å². The van der Waals surface area contributed by atoms with E-state index in [0.29, 0.717) is 28.6 Å². The zero-order valence-corrected chi connectivity index (χ0v) is 15.7. The van der Waals surface area contributed by atoms with Crippen LogP contribution in [0.15, 0.2) is 42.5 Å². The molecule has 0 atom stereocenters. The summed E-state index contributed by atoms with van der Waals surface area (Å²) in [6.07, 6.45) is 3.51. The summed E-state index contributed by atoms with van der Waals surface area (Å²) >= 11 is 6.01. The van der Waals surface area contributed by atoms with Crippen LogP contribution in [0.25, 0.3) is 6.08 Å². The Bertz CT molecular complexity index is 867. The highest BCUT2D eigenvalue weighted by atomic mass is 35.5. The molecule has 2 aromatic carbocycles. The Hall–Kier alpha value is -3.06. The van der Waals surface area contributed by atoms with E-state index in [9.17, 15) is 14.9 Å². The Labute approximate surface area is 161 Å². The summed E-state index contributed by atoms with van der Waals surface area (Å²) in [4.78, 5) is 22.7. The van der Waals surface area contributed by atoms with Crippen LogP contribution in [0.5, 0.6) is 11.5 Å². The smallest absolute Gasteiger partial charge is 0.311 e. The van der Waals surface area contributed by atoms with Gasteiger partial charge in [-0.15, -0.1) is 0 Å². The van der Waals surface area contributed by atoms with Gasteiger partial charge in [0.15, 0.2) is 5.75 Å². The first-order valence-corrected chi connectivity index (χ1v) is 8.56. The molecule has 0 aromatic heterocycles. The maximum atomic E-state index is 12.0. The van der Waals surface area contributed by atoms with Crippen LogP contribution in [0.2, 0.25) is 5.02 Å². The summed E-state index contributed by atoms with van der Waals surface area (Å²) in [6, 6.07) is 9.39. The van der Waals surface area contributed by atoms with Gasteiger partial charge in [0.25, 0.3) is 0 Å². The number of rotatable bonds is 8. The Morgan fingerprint density at radius 1 is 1.26 bits per heavy atom. The zero-order chi connectivity index (χ0) is 19.8. The largest absolute Gasteiger partial charge is 0.495 e. The molecular formula is C19H19ClN2O5. The lowest BCUT2D eigenvalue weighted by Crippen LogP contribution is -2.07. The highest BCUT2D eigenvalue weighted by Gasteiger charge is 2.15. The molecule has 0 unspecified atom stereocenters. The van der Waals surface area contributed by atoms with E-state index < -0.39 is 10.8 Å². The number of methoxy groups -OCH3 is 1. The quantitative estimate of drug-likeness (QED) is 0.401. The van der Waals surface area contributed by atoms with Crippen molar-refractivity contribution < 1.29 is 19.2 Å². The fourth-order valence-electron chi connectivity index (χ4n) is 2.21. The van der Waals surface area contributed by atoms with Gasteiger partial charge in [0, 0.05) is 17.8 Å². The first-order valence-electron chi connectivity index (χ1n) is 8.18. The number of ether oxygens (including phenoxy) is 2. The van der Waals surface area contributed by atoms with Gasteiger partial charge in [0.2, 0.25) is 5.91 Å². The number of nitrogens with one attached hydrogen (secondary N) is 1. The Morgan fingerprint density at radius 3 is 2.63 bits per heavy atom. The third-order valence-corrected chi connectivity index (χ3v) is 3.78. The number of nitrogens with zero attached hydrogens (tertiary/aromatic N) is 1. The molecule has 0 radical (unpaired) electrons. The minimum Gasteiger partial charge on any atom is -0.495 e. The standard InChI is InChI=1S/C19H19ClN2O5/c1-3-10-27-18-7-4-13(11-16(18)22(24)25)5-9-19(23)21-14-6-8-17(26-2)15(20)12-14/h4-9,11-12H,3,10H2,1-2H3,(H,21,23)/b9-5+. The molecule has 0 aliphatic rings. The van der Waals surface area contributed by atoms with E-state index in [4.69, 9.17) is 21.1 Å². The number of halogens is 1. The molecule has 0 aliphatic carbocycles. The van der Waals surface area contributed by atoms with Crippen molar-refractivity contribution in [3.05, 3.63) is 63.2 Å². The van der Waals surface area contributed by atoms with Gasteiger partial charge in [-0.3, -0.25) is 14.9 Å². The van der Waals surface area contributed by atoms with Crippen LogP contribution in [0.4, 0.5) is 11.4 Å². The molecule has 2 rings (SSSR count). The van der Waals surface area contributed by atoms with E-state index in [1.807, 2.05) is 6.92 Å². The molecule has 0 fully saturated rings. The van der Waals surface area contributed by atoms with E-state index in [1.165, 1.54) is 31.4 Å². The van der Waals surface area contributed by atoms with Gasteiger partial charge in [0.1, 0.15) is 5.75 Å². The molecule has 7 nitrogen and oxygen atoms in total. The Kier molecular flexibility index (Phi) is 7.19. The maximum absolute atomic E-state index is 12.0. The van der Waals surface area contributed by atoms with Crippen molar-refractivity contribution in [1.82, 2.24) is 0 Å². The molecule has 1 N–H and O–H groups in total. The summed E-state index contributed by atoms with van der Waals surface area (Å²) in [5.41, 5.74) is 0.867. The molecule has 0 spiro atoms. The van der Waals surface area contributed by atoms with Gasteiger partial charge in [0.05, 0.1) is 23.7 Å². The fraction of sp³-hybridized carbons (Fsp3) is 0.211.